The molecule has 1 amide bonds. The van der Waals surface area contributed by atoms with Crippen LogP contribution in [-0.2, 0) is 4.79 Å². The maximum atomic E-state index is 11.8. The Morgan fingerprint density at radius 3 is 2.50 bits per heavy atom. The number of rotatable bonds is 3. The first-order chi connectivity index (χ1) is 11.6. The summed E-state index contributed by atoms with van der Waals surface area (Å²) in [6, 6.07) is 5.75. The topological polar surface area (TPSA) is 62.2 Å². The van der Waals surface area contributed by atoms with E-state index in [0.29, 0.717) is 12.2 Å². The predicted molar refractivity (Wildman–Crippen MR) is 93.8 cm³/mol. The molecule has 1 aliphatic rings. The van der Waals surface area contributed by atoms with E-state index in [1.807, 2.05) is 36.9 Å². The lowest BCUT2D eigenvalue weighted by atomic mass is 10.2. The van der Waals surface area contributed by atoms with Gasteiger partial charge in [-0.1, -0.05) is 13.0 Å². The molecule has 0 unspecified atom stereocenters. The summed E-state index contributed by atoms with van der Waals surface area (Å²) in [4.78, 5) is 29.7. The summed E-state index contributed by atoms with van der Waals surface area (Å²) in [7, 11) is 0. The number of carbonyl (C=O) groups excluding carboxylic acids is 1. The van der Waals surface area contributed by atoms with E-state index in [2.05, 4.69) is 21.8 Å². The second-order valence-electron chi connectivity index (χ2n) is 6.02. The van der Waals surface area contributed by atoms with E-state index in [-0.39, 0.29) is 5.91 Å². The highest BCUT2D eigenvalue weighted by Gasteiger charge is 2.23. The van der Waals surface area contributed by atoms with Crippen LogP contribution in [0.25, 0.3) is 11.5 Å². The second kappa shape index (κ2) is 6.95. The zero-order chi connectivity index (χ0) is 17.1. The number of amides is 1. The zero-order valence-corrected chi connectivity index (χ0v) is 14.5. The molecule has 3 rings (SSSR count). The summed E-state index contributed by atoms with van der Waals surface area (Å²) >= 11 is 0. The summed E-state index contributed by atoms with van der Waals surface area (Å²) in [5.74, 6) is 1.83. The van der Waals surface area contributed by atoms with Gasteiger partial charge in [0.25, 0.3) is 0 Å². The molecule has 1 saturated heterocycles. The molecule has 0 aliphatic carbocycles. The van der Waals surface area contributed by atoms with Gasteiger partial charge < -0.3 is 9.80 Å². The van der Waals surface area contributed by atoms with Crippen molar-refractivity contribution in [1.29, 1.82) is 0 Å². The van der Waals surface area contributed by atoms with Gasteiger partial charge in [-0.15, -0.1) is 0 Å². The molecule has 0 aromatic carbocycles. The van der Waals surface area contributed by atoms with Gasteiger partial charge in [-0.25, -0.2) is 9.97 Å². The van der Waals surface area contributed by atoms with Crippen molar-refractivity contribution < 1.29 is 4.79 Å². The second-order valence-corrected chi connectivity index (χ2v) is 6.02. The van der Waals surface area contributed by atoms with E-state index in [9.17, 15) is 4.79 Å². The first kappa shape index (κ1) is 16.4. The Morgan fingerprint density at radius 2 is 1.88 bits per heavy atom. The summed E-state index contributed by atoms with van der Waals surface area (Å²) < 4.78 is 0. The molecule has 2 aromatic rings. The quantitative estimate of drug-likeness (QED) is 0.866. The lowest BCUT2D eigenvalue weighted by Gasteiger charge is -2.36. The highest BCUT2D eigenvalue weighted by atomic mass is 16.2. The molecular formula is C18H23N5O. The molecule has 0 atom stereocenters. The number of pyridine rings is 1. The molecule has 3 heterocycles. The molecule has 1 fully saturated rings. The van der Waals surface area contributed by atoms with Crippen molar-refractivity contribution in [2.24, 2.45) is 0 Å². The van der Waals surface area contributed by atoms with E-state index < -0.39 is 0 Å². The largest absolute Gasteiger partial charge is 0.353 e. The van der Waals surface area contributed by atoms with E-state index >= 15 is 0 Å². The number of hydrogen-bond acceptors (Lipinski definition) is 5. The number of carbonyl (C=O) groups is 1. The Hall–Kier alpha value is -2.50. The first-order valence-corrected chi connectivity index (χ1v) is 8.39. The third kappa shape index (κ3) is 3.22. The van der Waals surface area contributed by atoms with Crippen LogP contribution in [0.4, 0.5) is 5.82 Å². The van der Waals surface area contributed by atoms with Crippen molar-refractivity contribution >= 4 is 11.7 Å². The molecule has 0 spiro atoms. The summed E-state index contributed by atoms with van der Waals surface area (Å²) in [6.07, 6.45) is 2.32. The Balaban J connectivity index is 1.86. The third-order valence-corrected chi connectivity index (χ3v) is 4.49. The van der Waals surface area contributed by atoms with Gasteiger partial charge in [0.2, 0.25) is 5.91 Å². The summed E-state index contributed by atoms with van der Waals surface area (Å²) in [6.45, 7) is 9.05. The number of aryl methyl sites for hydroxylation is 1. The van der Waals surface area contributed by atoms with Crippen LogP contribution in [0.5, 0.6) is 0 Å². The molecule has 6 nitrogen and oxygen atoms in total. The van der Waals surface area contributed by atoms with Crippen molar-refractivity contribution in [2.45, 2.75) is 27.2 Å². The van der Waals surface area contributed by atoms with Crippen molar-refractivity contribution in [3.63, 3.8) is 0 Å². The van der Waals surface area contributed by atoms with Gasteiger partial charge in [-0.3, -0.25) is 9.78 Å². The third-order valence-electron chi connectivity index (χ3n) is 4.49. The van der Waals surface area contributed by atoms with E-state index in [0.717, 1.165) is 48.9 Å². The van der Waals surface area contributed by atoms with Crippen LogP contribution < -0.4 is 4.90 Å². The van der Waals surface area contributed by atoms with Crippen LogP contribution in [0, 0.1) is 13.8 Å². The lowest BCUT2D eigenvalue weighted by molar-refractivity contribution is -0.131. The van der Waals surface area contributed by atoms with Crippen LogP contribution in [0.3, 0.4) is 0 Å². The fourth-order valence-corrected chi connectivity index (χ4v) is 2.92. The fourth-order valence-electron chi connectivity index (χ4n) is 2.92. The van der Waals surface area contributed by atoms with E-state index in [4.69, 9.17) is 4.98 Å². The highest BCUT2D eigenvalue weighted by Crippen LogP contribution is 2.24. The Labute approximate surface area is 142 Å². The molecule has 0 N–H and O–H groups in total. The van der Waals surface area contributed by atoms with Crippen LogP contribution >= 0.6 is 0 Å². The van der Waals surface area contributed by atoms with E-state index in [1.165, 1.54) is 0 Å². The average molecular weight is 325 g/mol. The Morgan fingerprint density at radius 1 is 1.12 bits per heavy atom. The van der Waals surface area contributed by atoms with Crippen molar-refractivity contribution in [3.8, 4) is 11.5 Å². The molecule has 1 aliphatic heterocycles. The van der Waals surface area contributed by atoms with Gasteiger partial charge in [-0.2, -0.15) is 0 Å². The molecule has 24 heavy (non-hydrogen) atoms. The van der Waals surface area contributed by atoms with Crippen molar-refractivity contribution in [3.05, 3.63) is 35.7 Å². The number of piperazine rings is 1. The van der Waals surface area contributed by atoms with Gasteiger partial charge in [0.15, 0.2) is 5.82 Å². The van der Waals surface area contributed by atoms with Crippen LogP contribution in [0.15, 0.2) is 24.4 Å². The van der Waals surface area contributed by atoms with Gasteiger partial charge in [0.05, 0.1) is 0 Å². The SMILES string of the molecule is CCC(=O)N1CCN(c2nc(-c3ccccn3)nc(C)c2C)CC1. The fraction of sp³-hybridized carbons (Fsp3) is 0.444. The molecule has 0 saturated carbocycles. The van der Waals surface area contributed by atoms with Crippen LogP contribution in [-0.4, -0.2) is 51.9 Å². The highest BCUT2D eigenvalue weighted by molar-refractivity contribution is 5.76. The zero-order valence-electron chi connectivity index (χ0n) is 14.5. The molecule has 0 radical (unpaired) electrons. The molecule has 126 valence electrons. The summed E-state index contributed by atoms with van der Waals surface area (Å²) in [5, 5.41) is 0. The number of hydrogen-bond donors (Lipinski definition) is 0. The Bertz CT molecular complexity index is 724. The molecular weight excluding hydrogens is 302 g/mol. The summed E-state index contributed by atoms with van der Waals surface area (Å²) in [5.41, 5.74) is 2.83. The molecule has 0 bridgehead atoms. The van der Waals surface area contributed by atoms with Crippen molar-refractivity contribution in [2.75, 3.05) is 31.1 Å². The molecule has 2 aromatic heterocycles. The monoisotopic (exact) mass is 325 g/mol. The molecule has 6 heteroatoms. The normalized spacial score (nSPS) is 14.8. The van der Waals surface area contributed by atoms with Gasteiger partial charge in [-0.05, 0) is 26.0 Å². The van der Waals surface area contributed by atoms with Crippen LogP contribution in [0.1, 0.15) is 24.6 Å². The first-order valence-electron chi connectivity index (χ1n) is 8.39. The van der Waals surface area contributed by atoms with Gasteiger partial charge in [0.1, 0.15) is 11.5 Å². The minimum absolute atomic E-state index is 0.222. The van der Waals surface area contributed by atoms with Crippen molar-refractivity contribution in [1.82, 2.24) is 19.9 Å². The average Bonchev–Trinajstić information content (AvgIpc) is 2.64. The predicted octanol–water partition coefficient (Wildman–Crippen LogP) is 2.21. The minimum Gasteiger partial charge on any atom is -0.353 e. The van der Waals surface area contributed by atoms with E-state index in [1.54, 1.807) is 6.20 Å². The lowest BCUT2D eigenvalue weighted by Crippen LogP contribution is -2.49. The van der Waals surface area contributed by atoms with Gasteiger partial charge >= 0.3 is 0 Å². The maximum absolute atomic E-state index is 11.8. The standard InChI is InChI=1S/C18H23N5O/c1-4-16(24)22-9-11-23(12-10-22)18-13(2)14(3)20-17(21-18)15-7-5-6-8-19-15/h5-8H,4,9-12H2,1-3H3. The minimum atomic E-state index is 0.222. The number of anilines is 1. The van der Waals surface area contributed by atoms with Crippen LogP contribution in [0.2, 0.25) is 0 Å². The smallest absolute Gasteiger partial charge is 0.222 e. The number of aromatic nitrogens is 3. The Kier molecular flexibility index (Phi) is 4.74. The van der Waals surface area contributed by atoms with Gasteiger partial charge in [0, 0.05) is 50.1 Å². The number of nitrogens with zero attached hydrogens (tertiary/aromatic N) is 5. The maximum Gasteiger partial charge on any atom is 0.222 e.